The Morgan fingerprint density at radius 3 is 2.41 bits per heavy atom. The number of carbonyl (C=O) groups is 3. The Bertz CT molecular complexity index is 1040. The van der Waals surface area contributed by atoms with E-state index in [9.17, 15) is 14.4 Å². The summed E-state index contributed by atoms with van der Waals surface area (Å²) in [5.41, 5.74) is 3.45. The maximum atomic E-state index is 12.7. The molecule has 0 saturated carbocycles. The van der Waals surface area contributed by atoms with Crippen molar-refractivity contribution >= 4 is 29.2 Å². The fourth-order valence-corrected chi connectivity index (χ4v) is 4.82. The summed E-state index contributed by atoms with van der Waals surface area (Å²) in [4.78, 5) is 40.6. The van der Waals surface area contributed by atoms with Crippen molar-refractivity contribution in [3.05, 3.63) is 48.5 Å². The molecule has 2 aromatic rings. The summed E-state index contributed by atoms with van der Waals surface area (Å²) in [6.45, 7) is 10.6. The van der Waals surface area contributed by atoms with Gasteiger partial charge >= 0.3 is 6.03 Å². The first kappa shape index (κ1) is 28.2. The average molecular weight is 508 g/mol. The van der Waals surface area contributed by atoms with Crippen LogP contribution in [0, 0.1) is 5.92 Å². The number of likely N-dealkylation sites (tertiary alicyclic amines) is 1. The van der Waals surface area contributed by atoms with Crippen LogP contribution < -0.4 is 16.0 Å². The fraction of sp³-hybridized carbons (Fsp3) is 0.483. The lowest BCUT2D eigenvalue weighted by molar-refractivity contribution is -0.137. The van der Waals surface area contributed by atoms with Gasteiger partial charge in [0.2, 0.25) is 11.8 Å². The number of amides is 4. The molecule has 1 aliphatic rings. The highest BCUT2D eigenvalue weighted by Crippen LogP contribution is 2.24. The molecule has 0 radical (unpaired) electrons. The van der Waals surface area contributed by atoms with Gasteiger partial charge in [0.15, 0.2) is 0 Å². The zero-order valence-electron chi connectivity index (χ0n) is 22.4. The molecule has 4 amide bonds. The zero-order valence-corrected chi connectivity index (χ0v) is 22.4. The second kappa shape index (κ2) is 14.4. The highest BCUT2D eigenvalue weighted by molar-refractivity contribution is 5.90. The number of hydrogen-bond acceptors (Lipinski definition) is 4. The first-order valence-corrected chi connectivity index (χ1v) is 13.4. The summed E-state index contributed by atoms with van der Waals surface area (Å²) in [5, 5.41) is 8.60. The van der Waals surface area contributed by atoms with E-state index in [1.807, 2.05) is 67.3 Å². The molecule has 0 aliphatic carbocycles. The minimum atomic E-state index is -0.219. The van der Waals surface area contributed by atoms with Crippen molar-refractivity contribution in [2.75, 3.05) is 49.9 Å². The van der Waals surface area contributed by atoms with Crippen LogP contribution >= 0.6 is 0 Å². The van der Waals surface area contributed by atoms with E-state index < -0.39 is 0 Å². The topological polar surface area (TPSA) is 93.8 Å². The van der Waals surface area contributed by atoms with Gasteiger partial charge in [-0.1, -0.05) is 24.3 Å². The standard InChI is InChI=1S/C29H41N5O3/c1-4-34(5-2)28(36)25-11-9-19-33(21-25)18-7-6-17-30-29(37)32-26-15-13-23(14-16-26)24-10-8-12-27(20-24)31-22(3)35/h8,10,12-16,20,25H,4-7,9,11,17-19,21H2,1-3H3,(H,31,35)(H2,30,32,37). The maximum absolute atomic E-state index is 12.7. The number of nitrogens with zero attached hydrogens (tertiary/aromatic N) is 2. The molecule has 3 N–H and O–H groups in total. The predicted octanol–water partition coefficient (Wildman–Crippen LogP) is 4.79. The second-order valence-corrected chi connectivity index (χ2v) is 9.58. The number of nitrogens with one attached hydrogen (secondary N) is 3. The van der Waals surface area contributed by atoms with E-state index in [0.717, 1.165) is 80.9 Å². The van der Waals surface area contributed by atoms with Crippen molar-refractivity contribution in [1.82, 2.24) is 15.1 Å². The zero-order chi connectivity index (χ0) is 26.6. The molecular weight excluding hydrogens is 466 g/mol. The lowest BCUT2D eigenvalue weighted by atomic mass is 9.96. The van der Waals surface area contributed by atoms with Gasteiger partial charge in [-0.05, 0) is 88.0 Å². The number of unbranched alkanes of at least 4 members (excludes halogenated alkanes) is 1. The lowest BCUT2D eigenvalue weighted by Crippen LogP contribution is -2.45. The molecule has 8 nitrogen and oxygen atoms in total. The summed E-state index contributed by atoms with van der Waals surface area (Å²) in [5.74, 6) is 0.301. The molecule has 8 heteroatoms. The minimum absolute atomic E-state index is 0.106. The SMILES string of the molecule is CCN(CC)C(=O)C1CCCN(CCCCNC(=O)Nc2ccc(-c3cccc(NC(C)=O)c3)cc2)C1. The van der Waals surface area contributed by atoms with Crippen molar-refractivity contribution < 1.29 is 14.4 Å². The average Bonchev–Trinajstić information content (AvgIpc) is 2.89. The Morgan fingerprint density at radius 1 is 0.946 bits per heavy atom. The highest BCUT2D eigenvalue weighted by atomic mass is 16.2. The molecule has 200 valence electrons. The number of benzene rings is 2. The van der Waals surface area contributed by atoms with Crippen LogP contribution in [0.4, 0.5) is 16.2 Å². The number of urea groups is 1. The third-order valence-corrected chi connectivity index (χ3v) is 6.78. The van der Waals surface area contributed by atoms with E-state index in [1.165, 1.54) is 6.92 Å². The van der Waals surface area contributed by atoms with Gasteiger partial charge in [-0.3, -0.25) is 9.59 Å². The third-order valence-electron chi connectivity index (χ3n) is 6.78. The van der Waals surface area contributed by atoms with Crippen molar-refractivity contribution in [3.63, 3.8) is 0 Å². The molecule has 0 aromatic heterocycles. The smallest absolute Gasteiger partial charge is 0.319 e. The highest BCUT2D eigenvalue weighted by Gasteiger charge is 2.27. The van der Waals surface area contributed by atoms with Crippen molar-refractivity contribution in [3.8, 4) is 11.1 Å². The monoisotopic (exact) mass is 507 g/mol. The Kier molecular flexibility index (Phi) is 11.0. The minimum Gasteiger partial charge on any atom is -0.343 e. The van der Waals surface area contributed by atoms with Crippen LogP contribution in [-0.2, 0) is 9.59 Å². The second-order valence-electron chi connectivity index (χ2n) is 9.58. The fourth-order valence-electron chi connectivity index (χ4n) is 4.82. The van der Waals surface area contributed by atoms with E-state index >= 15 is 0 Å². The number of piperidine rings is 1. The van der Waals surface area contributed by atoms with E-state index in [2.05, 4.69) is 20.9 Å². The normalized spacial score (nSPS) is 15.6. The van der Waals surface area contributed by atoms with Gasteiger partial charge in [-0.2, -0.15) is 0 Å². The number of hydrogen-bond donors (Lipinski definition) is 3. The molecule has 1 saturated heterocycles. The Labute approximate surface area is 220 Å². The molecule has 1 unspecified atom stereocenters. The van der Waals surface area contributed by atoms with Crippen molar-refractivity contribution in [2.45, 2.75) is 46.5 Å². The van der Waals surface area contributed by atoms with Crippen LogP contribution in [0.1, 0.15) is 46.5 Å². The van der Waals surface area contributed by atoms with Crippen LogP contribution in [0.25, 0.3) is 11.1 Å². The molecule has 2 aromatic carbocycles. The van der Waals surface area contributed by atoms with Crippen LogP contribution in [0.5, 0.6) is 0 Å². The molecule has 0 bridgehead atoms. The third kappa shape index (κ3) is 8.89. The Morgan fingerprint density at radius 2 is 1.70 bits per heavy atom. The maximum Gasteiger partial charge on any atom is 0.319 e. The quantitative estimate of drug-likeness (QED) is 0.381. The van der Waals surface area contributed by atoms with Gasteiger partial charge in [0.1, 0.15) is 0 Å². The Hall–Kier alpha value is -3.39. The summed E-state index contributed by atoms with van der Waals surface area (Å²) in [7, 11) is 0. The molecule has 0 spiro atoms. The van der Waals surface area contributed by atoms with Crippen LogP contribution in [0.15, 0.2) is 48.5 Å². The number of carbonyl (C=O) groups excluding carboxylic acids is 3. The van der Waals surface area contributed by atoms with E-state index in [0.29, 0.717) is 12.5 Å². The summed E-state index contributed by atoms with van der Waals surface area (Å²) in [6.07, 6.45) is 3.93. The van der Waals surface area contributed by atoms with Gasteiger partial charge in [0, 0.05) is 44.5 Å². The van der Waals surface area contributed by atoms with Gasteiger partial charge in [-0.25, -0.2) is 4.79 Å². The lowest BCUT2D eigenvalue weighted by Gasteiger charge is -2.34. The van der Waals surface area contributed by atoms with Crippen LogP contribution in [0.3, 0.4) is 0 Å². The largest absolute Gasteiger partial charge is 0.343 e. The molecular formula is C29H41N5O3. The van der Waals surface area contributed by atoms with Crippen molar-refractivity contribution in [1.29, 1.82) is 0 Å². The molecule has 1 fully saturated rings. The van der Waals surface area contributed by atoms with Gasteiger partial charge < -0.3 is 25.8 Å². The van der Waals surface area contributed by atoms with Crippen LogP contribution in [-0.4, -0.2) is 66.9 Å². The Balaban J connectivity index is 1.36. The van der Waals surface area contributed by atoms with Gasteiger partial charge in [0.05, 0.1) is 5.92 Å². The van der Waals surface area contributed by atoms with Gasteiger partial charge in [-0.15, -0.1) is 0 Å². The van der Waals surface area contributed by atoms with Gasteiger partial charge in [0.25, 0.3) is 0 Å². The molecule has 37 heavy (non-hydrogen) atoms. The first-order valence-electron chi connectivity index (χ1n) is 13.4. The molecule has 1 heterocycles. The predicted molar refractivity (Wildman–Crippen MR) is 150 cm³/mol. The summed E-state index contributed by atoms with van der Waals surface area (Å²) in [6, 6.07) is 15.1. The van der Waals surface area contributed by atoms with Crippen molar-refractivity contribution in [2.24, 2.45) is 5.92 Å². The van der Waals surface area contributed by atoms with E-state index in [4.69, 9.17) is 0 Å². The van der Waals surface area contributed by atoms with E-state index in [1.54, 1.807) is 0 Å². The summed E-state index contributed by atoms with van der Waals surface area (Å²) >= 11 is 0. The molecule has 3 rings (SSSR count). The molecule has 1 aliphatic heterocycles. The summed E-state index contributed by atoms with van der Waals surface area (Å²) < 4.78 is 0. The van der Waals surface area contributed by atoms with E-state index in [-0.39, 0.29) is 17.9 Å². The number of rotatable bonds is 11. The van der Waals surface area contributed by atoms with Crippen LogP contribution in [0.2, 0.25) is 0 Å². The molecule has 1 atom stereocenters. The number of anilines is 2. The first-order chi connectivity index (χ1) is 17.9.